The van der Waals surface area contributed by atoms with Crippen LogP contribution in [0.5, 0.6) is 0 Å². The van der Waals surface area contributed by atoms with Crippen LogP contribution in [-0.4, -0.2) is 55.3 Å². The third-order valence-corrected chi connectivity index (χ3v) is 7.42. The van der Waals surface area contributed by atoms with Gasteiger partial charge in [0.15, 0.2) is 12.2 Å². The lowest BCUT2D eigenvalue weighted by Crippen LogP contribution is -2.41. The molecule has 1 aliphatic rings. The molecule has 1 aliphatic heterocycles. The molecule has 0 unspecified atom stereocenters. The molecule has 0 aromatic heterocycles. The second-order valence-electron chi connectivity index (χ2n) is 6.54. The van der Waals surface area contributed by atoms with Gasteiger partial charge in [-0.05, 0) is 5.56 Å². The van der Waals surface area contributed by atoms with E-state index in [1.165, 1.54) is 14.0 Å². The molecule has 29 heavy (non-hydrogen) atoms. The van der Waals surface area contributed by atoms with Gasteiger partial charge in [0.05, 0.1) is 13.2 Å². The first-order valence-electron chi connectivity index (χ1n) is 8.97. The lowest BCUT2D eigenvalue weighted by atomic mass is 10.1. The summed E-state index contributed by atoms with van der Waals surface area (Å²) in [6, 6.07) is 9.28. The van der Waals surface area contributed by atoms with E-state index in [1.54, 1.807) is 0 Å². The Morgan fingerprint density at radius 2 is 1.45 bits per heavy atom. The van der Waals surface area contributed by atoms with Crippen LogP contribution in [0.15, 0.2) is 30.3 Å². The largest absolute Gasteiger partial charge is 0.457 e. The van der Waals surface area contributed by atoms with Crippen LogP contribution in [0.3, 0.4) is 0 Å². The molecule has 0 aliphatic carbocycles. The summed E-state index contributed by atoms with van der Waals surface area (Å²) in [7, 11) is -2.60. The van der Waals surface area contributed by atoms with Crippen molar-refractivity contribution >= 4 is 25.3 Å². The van der Waals surface area contributed by atoms with Crippen molar-refractivity contribution in [3.05, 3.63) is 35.9 Å². The normalized spacial score (nSPS) is 28.6. The topological polar surface area (TPSA) is 114 Å². The fourth-order valence-electron chi connectivity index (χ4n) is 3.25. The lowest BCUT2D eigenvalue weighted by Gasteiger charge is -2.24. The number of hydrogen-bond donors (Lipinski definition) is 0. The van der Waals surface area contributed by atoms with Crippen LogP contribution in [-0.2, 0) is 49.0 Å². The van der Waals surface area contributed by atoms with Gasteiger partial charge >= 0.3 is 17.9 Å². The quantitative estimate of drug-likeness (QED) is 0.349. The van der Waals surface area contributed by atoms with Gasteiger partial charge in [0, 0.05) is 27.9 Å². The number of hydrogen-bond acceptors (Lipinski definition) is 9. The molecule has 1 saturated heterocycles. The molecule has 0 saturated carbocycles. The zero-order valence-electron chi connectivity index (χ0n) is 16.7. The molecular formula is C19H25O9P. The number of ether oxygens (including phenoxy) is 4. The Morgan fingerprint density at radius 1 is 0.897 bits per heavy atom. The van der Waals surface area contributed by atoms with Crippen molar-refractivity contribution in [1.82, 2.24) is 0 Å². The highest BCUT2D eigenvalue weighted by atomic mass is 31.2. The maximum absolute atomic E-state index is 13.6. The summed E-state index contributed by atoms with van der Waals surface area (Å²) < 4.78 is 40.3. The van der Waals surface area contributed by atoms with Crippen molar-refractivity contribution in [2.45, 2.75) is 51.1 Å². The number of esters is 3. The van der Waals surface area contributed by atoms with E-state index in [4.69, 9.17) is 23.5 Å². The van der Waals surface area contributed by atoms with Crippen LogP contribution in [0.2, 0.25) is 0 Å². The monoisotopic (exact) mass is 428 g/mol. The number of benzene rings is 1. The molecule has 10 heteroatoms. The van der Waals surface area contributed by atoms with E-state index >= 15 is 0 Å². The van der Waals surface area contributed by atoms with Gasteiger partial charge in [0.2, 0.25) is 5.85 Å². The highest BCUT2D eigenvalue weighted by Crippen LogP contribution is 2.65. The predicted molar refractivity (Wildman–Crippen MR) is 101 cm³/mol. The molecule has 0 amide bonds. The van der Waals surface area contributed by atoms with Gasteiger partial charge in [0.1, 0.15) is 5.66 Å². The third kappa shape index (κ3) is 5.65. The van der Waals surface area contributed by atoms with Crippen LogP contribution in [0.1, 0.15) is 26.3 Å². The molecule has 5 atom stereocenters. The minimum Gasteiger partial charge on any atom is -0.457 e. The number of carbonyl (C=O) groups is 3. The van der Waals surface area contributed by atoms with E-state index in [-0.39, 0.29) is 13.2 Å². The Kier molecular flexibility index (Phi) is 7.96. The average molecular weight is 428 g/mol. The first-order valence-corrected chi connectivity index (χ1v) is 10.7. The van der Waals surface area contributed by atoms with Gasteiger partial charge in [-0.1, -0.05) is 30.3 Å². The summed E-state index contributed by atoms with van der Waals surface area (Å²) in [5, 5.41) is 0. The molecule has 1 aromatic rings. The van der Waals surface area contributed by atoms with Crippen LogP contribution in [0.4, 0.5) is 0 Å². The van der Waals surface area contributed by atoms with Crippen molar-refractivity contribution in [3.8, 4) is 0 Å². The number of rotatable bonds is 8. The van der Waals surface area contributed by atoms with Crippen LogP contribution in [0, 0.1) is 0 Å². The Hall–Kier alpha value is -2.22. The fraction of sp³-hybridized carbons (Fsp3) is 0.526. The van der Waals surface area contributed by atoms with E-state index in [0.29, 0.717) is 0 Å². The summed E-state index contributed by atoms with van der Waals surface area (Å²) in [4.78, 5) is 34.9. The van der Waals surface area contributed by atoms with Crippen LogP contribution < -0.4 is 0 Å². The first-order chi connectivity index (χ1) is 13.7. The lowest BCUT2D eigenvalue weighted by molar-refractivity contribution is -0.174. The highest BCUT2D eigenvalue weighted by Gasteiger charge is 2.64. The minimum absolute atomic E-state index is 0.131. The minimum atomic E-state index is -3.79. The summed E-state index contributed by atoms with van der Waals surface area (Å²) in [6.45, 7) is 3.53. The van der Waals surface area contributed by atoms with E-state index < -0.39 is 49.0 Å². The zero-order valence-corrected chi connectivity index (χ0v) is 17.6. The average Bonchev–Trinajstić information content (AvgIpc) is 2.84. The maximum Gasteiger partial charge on any atom is 0.303 e. The Labute approximate surface area is 169 Å². The number of carbonyl (C=O) groups excluding carboxylic acids is 3. The van der Waals surface area contributed by atoms with Crippen molar-refractivity contribution in [1.29, 1.82) is 0 Å². The fourth-order valence-corrected chi connectivity index (χ4v) is 6.00. The molecule has 2 rings (SSSR count). The molecule has 0 spiro atoms. The molecule has 160 valence electrons. The van der Waals surface area contributed by atoms with Crippen molar-refractivity contribution in [2.24, 2.45) is 0 Å². The summed E-state index contributed by atoms with van der Waals surface area (Å²) in [5.74, 6) is -3.54. The smallest absolute Gasteiger partial charge is 0.303 e. The summed E-state index contributed by atoms with van der Waals surface area (Å²) >= 11 is 0. The van der Waals surface area contributed by atoms with Gasteiger partial charge in [-0.2, -0.15) is 0 Å². The molecule has 1 heterocycles. The molecule has 0 radical (unpaired) electrons. The first kappa shape index (κ1) is 23.1. The van der Waals surface area contributed by atoms with E-state index in [2.05, 4.69) is 0 Å². The third-order valence-electron chi connectivity index (χ3n) is 4.38. The Bertz CT molecular complexity index is 779. The van der Waals surface area contributed by atoms with Crippen LogP contribution in [0.25, 0.3) is 0 Å². The second kappa shape index (κ2) is 10.0. The SMILES string of the molecule is CO[P@@]1(=O)[C@H](COCc2ccccc2)[C@@H](OC(C)=O)[C@@H](OC(C)=O)[C@H]1OC(C)=O. The van der Waals surface area contributed by atoms with Gasteiger partial charge in [-0.3, -0.25) is 18.9 Å². The van der Waals surface area contributed by atoms with Gasteiger partial charge in [-0.15, -0.1) is 0 Å². The van der Waals surface area contributed by atoms with Crippen molar-refractivity contribution < 1.29 is 42.4 Å². The van der Waals surface area contributed by atoms with E-state index in [1.807, 2.05) is 30.3 Å². The van der Waals surface area contributed by atoms with Crippen molar-refractivity contribution in [3.63, 3.8) is 0 Å². The summed E-state index contributed by atoms with van der Waals surface area (Å²) in [5.41, 5.74) is -0.108. The standard InChI is InChI=1S/C19H25O9P/c1-12(20)26-17-16(11-25-10-15-8-6-5-7-9-15)29(23,24-4)19(28-14(3)22)18(17)27-13(2)21/h5-9,16-19H,10-11H2,1-4H3/t16-,17-,18-,19+,29+/m1/s1. The van der Waals surface area contributed by atoms with E-state index in [9.17, 15) is 18.9 Å². The maximum atomic E-state index is 13.6. The molecule has 0 N–H and O–H groups in total. The molecule has 9 nitrogen and oxygen atoms in total. The molecular weight excluding hydrogens is 403 g/mol. The Balaban J connectivity index is 2.33. The van der Waals surface area contributed by atoms with Gasteiger partial charge in [0.25, 0.3) is 7.37 Å². The highest BCUT2D eigenvalue weighted by molar-refractivity contribution is 7.60. The second-order valence-corrected chi connectivity index (χ2v) is 9.37. The predicted octanol–water partition coefficient (Wildman–Crippen LogP) is 2.26. The van der Waals surface area contributed by atoms with Gasteiger partial charge < -0.3 is 23.5 Å². The zero-order chi connectivity index (χ0) is 21.6. The molecule has 1 fully saturated rings. The summed E-state index contributed by atoms with van der Waals surface area (Å²) in [6.07, 6.45) is -2.45. The molecule has 1 aromatic carbocycles. The van der Waals surface area contributed by atoms with Crippen LogP contribution >= 0.6 is 7.37 Å². The van der Waals surface area contributed by atoms with Gasteiger partial charge in [-0.25, -0.2) is 0 Å². The van der Waals surface area contributed by atoms with E-state index in [0.717, 1.165) is 19.4 Å². The van der Waals surface area contributed by atoms with Crippen molar-refractivity contribution in [2.75, 3.05) is 13.7 Å². The molecule has 0 bridgehead atoms. The Morgan fingerprint density at radius 3 is 1.97 bits per heavy atom.